The SMILES string of the molecule is CCCCCCCCCCCCCCCC(=O)N/N=C\c1ccc(OC(=O)c2ccccc2)cc1OC(=O)c1ccccc1. The summed E-state index contributed by atoms with van der Waals surface area (Å²) in [5.74, 6) is -0.920. The fourth-order valence-electron chi connectivity index (χ4n) is 4.78. The number of ether oxygens (including phenoxy) is 2. The molecule has 0 atom stereocenters. The molecule has 0 heterocycles. The number of hydrogen-bond acceptors (Lipinski definition) is 6. The van der Waals surface area contributed by atoms with Crippen LogP contribution in [0.15, 0.2) is 84.0 Å². The van der Waals surface area contributed by atoms with Gasteiger partial charge in [0.05, 0.1) is 17.3 Å². The zero-order valence-corrected chi connectivity index (χ0v) is 26.0. The summed E-state index contributed by atoms with van der Waals surface area (Å²) in [5.41, 5.74) is 3.76. The highest BCUT2D eigenvalue weighted by Crippen LogP contribution is 2.26. The van der Waals surface area contributed by atoms with Gasteiger partial charge in [-0.05, 0) is 42.8 Å². The molecule has 0 radical (unpaired) electrons. The second kappa shape index (κ2) is 20.6. The molecule has 0 fully saturated rings. The molecule has 0 aromatic heterocycles. The Labute approximate surface area is 262 Å². The van der Waals surface area contributed by atoms with Crippen molar-refractivity contribution in [3.8, 4) is 11.5 Å². The maximum Gasteiger partial charge on any atom is 0.343 e. The number of carbonyl (C=O) groups is 3. The lowest BCUT2D eigenvalue weighted by Crippen LogP contribution is -2.17. The molecule has 0 spiro atoms. The van der Waals surface area contributed by atoms with Gasteiger partial charge in [-0.15, -0.1) is 0 Å². The van der Waals surface area contributed by atoms with Gasteiger partial charge in [0.1, 0.15) is 11.5 Å². The first-order chi connectivity index (χ1) is 21.6. The van der Waals surface area contributed by atoms with Crippen molar-refractivity contribution < 1.29 is 23.9 Å². The third-order valence-corrected chi connectivity index (χ3v) is 7.32. The van der Waals surface area contributed by atoms with Crippen LogP contribution >= 0.6 is 0 Å². The van der Waals surface area contributed by atoms with Gasteiger partial charge < -0.3 is 9.47 Å². The molecule has 7 nitrogen and oxygen atoms in total. The maximum atomic E-state index is 12.8. The van der Waals surface area contributed by atoms with Crippen molar-refractivity contribution in [1.29, 1.82) is 0 Å². The molecule has 0 aliphatic rings. The van der Waals surface area contributed by atoms with E-state index < -0.39 is 11.9 Å². The van der Waals surface area contributed by atoms with Crippen LogP contribution in [0, 0.1) is 0 Å². The van der Waals surface area contributed by atoms with Gasteiger partial charge in [-0.3, -0.25) is 4.79 Å². The Morgan fingerprint density at radius 1 is 0.636 bits per heavy atom. The average Bonchev–Trinajstić information content (AvgIpc) is 3.05. The van der Waals surface area contributed by atoms with E-state index in [1.807, 2.05) is 6.07 Å². The van der Waals surface area contributed by atoms with Gasteiger partial charge >= 0.3 is 11.9 Å². The van der Waals surface area contributed by atoms with E-state index in [2.05, 4.69) is 17.5 Å². The lowest BCUT2D eigenvalue weighted by atomic mass is 10.0. The molecule has 0 aliphatic carbocycles. The molecular weight excluding hydrogens is 552 g/mol. The van der Waals surface area contributed by atoms with Crippen molar-refractivity contribution in [3.63, 3.8) is 0 Å². The molecule has 0 aliphatic heterocycles. The van der Waals surface area contributed by atoms with E-state index in [0.29, 0.717) is 23.1 Å². The lowest BCUT2D eigenvalue weighted by Gasteiger charge is -2.10. The first-order valence-corrected chi connectivity index (χ1v) is 16.1. The smallest absolute Gasteiger partial charge is 0.343 e. The number of hydrazone groups is 1. The first kappa shape index (κ1) is 34.2. The van der Waals surface area contributed by atoms with Gasteiger partial charge in [-0.2, -0.15) is 5.10 Å². The van der Waals surface area contributed by atoms with E-state index in [1.54, 1.807) is 66.7 Å². The number of unbranched alkanes of at least 4 members (excludes halogenated alkanes) is 12. The Bertz CT molecular complexity index is 1310. The van der Waals surface area contributed by atoms with E-state index in [0.717, 1.165) is 19.3 Å². The van der Waals surface area contributed by atoms with Crippen LogP contribution in [0.25, 0.3) is 0 Å². The predicted molar refractivity (Wildman–Crippen MR) is 175 cm³/mol. The monoisotopic (exact) mass is 598 g/mol. The molecule has 3 aromatic carbocycles. The van der Waals surface area contributed by atoms with Gasteiger partial charge in [0, 0.05) is 18.1 Å². The molecular formula is C37H46N2O5. The van der Waals surface area contributed by atoms with Gasteiger partial charge in [0.2, 0.25) is 5.91 Å². The highest BCUT2D eigenvalue weighted by Gasteiger charge is 2.15. The number of benzene rings is 3. The van der Waals surface area contributed by atoms with Crippen LogP contribution in [0.3, 0.4) is 0 Å². The third-order valence-electron chi connectivity index (χ3n) is 7.32. The second-order valence-corrected chi connectivity index (χ2v) is 11.0. The number of amides is 1. The summed E-state index contributed by atoms with van der Waals surface area (Å²) in [6.45, 7) is 2.25. The summed E-state index contributed by atoms with van der Waals surface area (Å²) in [6.07, 6.45) is 18.1. The van der Waals surface area contributed by atoms with E-state index >= 15 is 0 Å². The molecule has 0 unspecified atom stereocenters. The zero-order chi connectivity index (χ0) is 31.2. The van der Waals surface area contributed by atoms with Crippen molar-refractivity contribution in [2.75, 3.05) is 0 Å². The molecule has 3 aromatic rings. The Hall–Kier alpha value is -4.26. The number of esters is 2. The predicted octanol–water partition coefficient (Wildman–Crippen LogP) is 9.06. The Balaban J connectivity index is 1.44. The van der Waals surface area contributed by atoms with Gasteiger partial charge in [-0.1, -0.05) is 120 Å². The number of hydrogen-bond donors (Lipinski definition) is 1. The van der Waals surface area contributed by atoms with E-state index in [4.69, 9.17) is 9.47 Å². The van der Waals surface area contributed by atoms with Crippen molar-refractivity contribution in [3.05, 3.63) is 95.6 Å². The van der Waals surface area contributed by atoms with Crippen molar-refractivity contribution >= 4 is 24.1 Å². The fraction of sp³-hybridized carbons (Fsp3) is 0.405. The van der Waals surface area contributed by atoms with Crippen LogP contribution in [-0.4, -0.2) is 24.1 Å². The summed E-state index contributed by atoms with van der Waals surface area (Å²) < 4.78 is 11.1. The average molecular weight is 599 g/mol. The second-order valence-electron chi connectivity index (χ2n) is 11.0. The maximum absolute atomic E-state index is 12.8. The Morgan fingerprint density at radius 3 is 1.68 bits per heavy atom. The number of nitrogens with zero attached hydrogens (tertiary/aromatic N) is 1. The van der Waals surface area contributed by atoms with E-state index in [9.17, 15) is 14.4 Å². The van der Waals surface area contributed by atoms with Crippen LogP contribution in [0.2, 0.25) is 0 Å². The zero-order valence-electron chi connectivity index (χ0n) is 26.0. The summed E-state index contributed by atoms with van der Waals surface area (Å²) in [4.78, 5) is 37.6. The van der Waals surface area contributed by atoms with Crippen LogP contribution in [-0.2, 0) is 4.79 Å². The van der Waals surface area contributed by atoms with Crippen molar-refractivity contribution in [2.45, 2.75) is 96.8 Å². The third kappa shape index (κ3) is 13.4. The van der Waals surface area contributed by atoms with Crippen LogP contribution in [0.5, 0.6) is 11.5 Å². The molecule has 0 saturated carbocycles. The molecule has 0 bridgehead atoms. The minimum absolute atomic E-state index is 0.145. The Morgan fingerprint density at radius 2 is 1.14 bits per heavy atom. The molecule has 7 heteroatoms. The van der Waals surface area contributed by atoms with Crippen molar-refractivity contribution in [1.82, 2.24) is 5.43 Å². The highest BCUT2D eigenvalue weighted by molar-refractivity contribution is 5.94. The summed E-state index contributed by atoms with van der Waals surface area (Å²) in [5, 5.41) is 4.08. The van der Waals surface area contributed by atoms with Crippen LogP contribution < -0.4 is 14.9 Å². The molecule has 234 valence electrons. The standard InChI is InChI=1S/C37H46N2O5/c1-2-3-4-5-6-7-8-9-10-11-12-13-20-25-35(40)39-38-29-32-26-27-33(43-36(41)30-21-16-14-17-22-30)28-34(32)44-37(42)31-23-18-15-19-24-31/h14-19,21-24,26-29H,2-13,20,25H2,1H3,(H,39,40)/b38-29-. The summed E-state index contributed by atoms with van der Waals surface area (Å²) in [6, 6.07) is 21.8. The molecule has 1 N–H and O–H groups in total. The van der Waals surface area contributed by atoms with Crippen LogP contribution in [0.1, 0.15) is 123 Å². The largest absolute Gasteiger partial charge is 0.423 e. The molecule has 3 rings (SSSR count). The lowest BCUT2D eigenvalue weighted by molar-refractivity contribution is -0.121. The van der Waals surface area contributed by atoms with Crippen LogP contribution in [0.4, 0.5) is 0 Å². The van der Waals surface area contributed by atoms with Gasteiger partial charge in [-0.25, -0.2) is 15.0 Å². The number of rotatable bonds is 20. The highest BCUT2D eigenvalue weighted by atomic mass is 16.5. The molecule has 1 amide bonds. The Kier molecular flexibility index (Phi) is 16.0. The van der Waals surface area contributed by atoms with Gasteiger partial charge in [0.15, 0.2) is 0 Å². The van der Waals surface area contributed by atoms with E-state index in [1.165, 1.54) is 76.5 Å². The molecule has 0 saturated heterocycles. The fourth-order valence-corrected chi connectivity index (χ4v) is 4.78. The summed E-state index contributed by atoms with van der Waals surface area (Å²) >= 11 is 0. The molecule has 44 heavy (non-hydrogen) atoms. The number of carbonyl (C=O) groups excluding carboxylic acids is 3. The van der Waals surface area contributed by atoms with Crippen molar-refractivity contribution in [2.24, 2.45) is 5.10 Å². The minimum Gasteiger partial charge on any atom is -0.423 e. The summed E-state index contributed by atoms with van der Waals surface area (Å²) in [7, 11) is 0. The van der Waals surface area contributed by atoms with Gasteiger partial charge in [0.25, 0.3) is 0 Å². The van der Waals surface area contributed by atoms with E-state index in [-0.39, 0.29) is 17.4 Å². The topological polar surface area (TPSA) is 94.1 Å². The first-order valence-electron chi connectivity index (χ1n) is 16.1. The minimum atomic E-state index is -0.571. The quantitative estimate of drug-likeness (QED) is 0.0460. The normalized spacial score (nSPS) is 10.9. The number of nitrogens with one attached hydrogen (secondary N) is 1.